The number of hydrogen-bond acceptors (Lipinski definition) is 1. The summed E-state index contributed by atoms with van der Waals surface area (Å²) in [5.74, 6) is 0. The molecule has 65 valence electrons. The molecular weight excluding hydrogens is 149 g/mol. The Morgan fingerprint density at radius 2 is 1.73 bits per heavy atom. The third-order valence-electron chi connectivity index (χ3n) is 1.45. The fraction of sp³-hybridized carbons (Fsp3) is 1.00. The van der Waals surface area contributed by atoms with Crippen LogP contribution in [0.15, 0.2) is 0 Å². The molecule has 0 N–H and O–H groups in total. The smallest absolute Gasteiger partial charge is 0.197 e. The van der Waals surface area contributed by atoms with Crippen LogP contribution < -0.4 is 0 Å². The van der Waals surface area contributed by atoms with Gasteiger partial charge in [-0.15, -0.1) is 0 Å². The molecule has 0 heterocycles. The van der Waals surface area contributed by atoms with Crippen LogP contribution in [0, 0.1) is 0 Å². The molecule has 0 saturated carbocycles. The molecule has 11 heavy (non-hydrogen) atoms. The molecular formula is C8H21BNSi. The van der Waals surface area contributed by atoms with Gasteiger partial charge in [-0.05, 0) is 27.8 Å². The Morgan fingerprint density at radius 1 is 1.27 bits per heavy atom. The minimum Gasteiger partial charge on any atom is -0.348 e. The number of nitrogens with zero attached hydrogens (tertiary/aromatic N) is 1. The predicted octanol–water partition coefficient (Wildman–Crippen LogP) is 2.17. The maximum Gasteiger partial charge on any atom is 0.197 e. The van der Waals surface area contributed by atoms with Crippen LogP contribution in [-0.4, -0.2) is 32.3 Å². The Kier molecular flexibility index (Phi) is 0.960. The Balaban J connectivity index is 6.08. The highest BCUT2D eigenvalue weighted by atomic mass is 28.3. The van der Waals surface area contributed by atoms with Gasteiger partial charge in [0.2, 0.25) is 0 Å². The molecule has 0 aliphatic heterocycles. The maximum absolute atomic E-state index is 7.56. The van der Waals surface area contributed by atoms with E-state index in [0.29, 0.717) is 0 Å². The fourth-order valence-corrected chi connectivity index (χ4v) is 1.45. The van der Waals surface area contributed by atoms with Crippen molar-refractivity contribution in [2.45, 2.75) is 45.7 Å². The Morgan fingerprint density at radius 3 is 2.00 bits per heavy atom. The van der Waals surface area contributed by atoms with Crippen LogP contribution in [0.1, 0.15) is 33.1 Å². The van der Waals surface area contributed by atoms with Gasteiger partial charge in [-0.2, -0.15) is 0 Å². The van der Waals surface area contributed by atoms with Crippen molar-refractivity contribution in [1.29, 1.82) is 0 Å². The van der Waals surface area contributed by atoms with Crippen LogP contribution in [-0.2, 0) is 0 Å². The van der Waals surface area contributed by atoms with Crippen molar-refractivity contribution in [2.75, 3.05) is 7.05 Å². The molecule has 0 aliphatic rings. The van der Waals surface area contributed by atoms with E-state index in [1.807, 2.05) is 0 Å². The van der Waals surface area contributed by atoms with E-state index in [9.17, 15) is 0 Å². The average molecular weight is 179 g/mol. The van der Waals surface area contributed by atoms with Crippen molar-refractivity contribution in [2.24, 2.45) is 0 Å². The first kappa shape index (κ1) is 3.18. The van der Waals surface area contributed by atoms with Crippen LogP contribution in [0.25, 0.3) is 0 Å². The zero-order valence-corrected chi connectivity index (χ0v) is 8.52. The summed E-state index contributed by atoms with van der Waals surface area (Å²) in [5.41, 5.74) is -0.569. The largest absolute Gasteiger partial charge is 0.348 e. The normalized spacial score (nSPS) is 29.4. The Bertz CT molecular complexity index is 304. The van der Waals surface area contributed by atoms with Gasteiger partial charge in [0.05, 0.1) is 0 Å². The van der Waals surface area contributed by atoms with Gasteiger partial charge in [0.1, 0.15) is 0 Å². The van der Waals surface area contributed by atoms with Crippen molar-refractivity contribution in [1.82, 2.24) is 4.81 Å². The van der Waals surface area contributed by atoms with Crippen LogP contribution in [0.3, 0.4) is 0 Å². The summed E-state index contributed by atoms with van der Waals surface area (Å²) >= 11 is 0. The molecule has 0 aromatic rings. The van der Waals surface area contributed by atoms with Gasteiger partial charge < -0.3 is 4.81 Å². The highest BCUT2D eigenvalue weighted by Gasteiger charge is 2.24. The lowest BCUT2D eigenvalue weighted by molar-refractivity contribution is 0.303. The molecule has 0 unspecified atom stereocenters. The molecule has 0 saturated heterocycles. The Hall–Kier alpha value is 0.242. The van der Waals surface area contributed by atoms with Crippen molar-refractivity contribution in [3.63, 3.8) is 0 Å². The van der Waals surface area contributed by atoms with Gasteiger partial charge in [-0.1, -0.05) is 19.4 Å². The van der Waals surface area contributed by atoms with E-state index in [0.717, 1.165) is 7.01 Å². The first-order valence-electron chi connectivity index (χ1n) is 7.97. The zero-order valence-electron chi connectivity index (χ0n) is 16.5. The highest BCUT2D eigenvalue weighted by molar-refractivity contribution is 7.22. The third-order valence-corrected chi connectivity index (χ3v) is 2.22. The highest BCUT2D eigenvalue weighted by Crippen LogP contribution is 2.11. The molecule has 0 rings (SSSR count). The second-order valence-corrected chi connectivity index (χ2v) is 5.59. The van der Waals surface area contributed by atoms with Crippen LogP contribution in [0.2, 0.25) is 19.4 Å². The molecule has 0 fully saturated rings. The lowest BCUT2D eigenvalue weighted by Crippen LogP contribution is -2.50. The number of hydrogen-bond donors (Lipinski definition) is 0. The second-order valence-electron chi connectivity index (χ2n) is 3.72. The quantitative estimate of drug-likeness (QED) is 0.587. The van der Waals surface area contributed by atoms with Crippen LogP contribution in [0.4, 0.5) is 0 Å². The summed E-state index contributed by atoms with van der Waals surface area (Å²) in [4.78, 5) is 1.39. The molecule has 1 radical (unpaired) electrons. The second kappa shape index (κ2) is 3.32. The maximum atomic E-state index is 7.56. The molecule has 0 aromatic carbocycles. The van der Waals surface area contributed by atoms with E-state index in [1.165, 1.54) is 11.9 Å². The van der Waals surface area contributed by atoms with Crippen molar-refractivity contribution >= 4 is 15.0 Å². The molecule has 0 atom stereocenters. The van der Waals surface area contributed by atoms with E-state index in [1.54, 1.807) is 20.8 Å². The van der Waals surface area contributed by atoms with Gasteiger partial charge in [-0.3, -0.25) is 0 Å². The average Bonchev–Trinajstić information content (AvgIpc) is 2.04. The van der Waals surface area contributed by atoms with Gasteiger partial charge in [-0.25, -0.2) is 0 Å². The third kappa shape index (κ3) is 5.50. The lowest BCUT2D eigenvalue weighted by Gasteiger charge is -2.35. The Labute approximate surface area is 86.0 Å². The molecule has 0 bridgehead atoms. The van der Waals surface area contributed by atoms with E-state index >= 15 is 0 Å². The first-order chi connectivity index (χ1) is 8.38. The molecule has 3 heteroatoms. The zero-order chi connectivity index (χ0) is 16.8. The summed E-state index contributed by atoms with van der Waals surface area (Å²) in [7, 11) is -2.30. The molecule has 0 aromatic heterocycles. The van der Waals surface area contributed by atoms with Gasteiger partial charge >= 0.3 is 0 Å². The predicted molar refractivity (Wildman–Crippen MR) is 56.6 cm³/mol. The van der Waals surface area contributed by atoms with Crippen molar-refractivity contribution in [3.8, 4) is 0 Å². The summed E-state index contributed by atoms with van der Waals surface area (Å²) in [6, 6.07) is 0. The van der Waals surface area contributed by atoms with E-state index in [-0.39, 0.29) is 0 Å². The van der Waals surface area contributed by atoms with Gasteiger partial charge in [0.25, 0.3) is 0 Å². The van der Waals surface area contributed by atoms with E-state index < -0.39 is 32.9 Å². The van der Waals surface area contributed by atoms with Crippen molar-refractivity contribution in [3.05, 3.63) is 0 Å². The SMILES string of the molecule is [2H]C([2H])([2H])[Si]([B]N(C)C(C)(C)C)(C([2H])([2H])[2H])C([2H])([2H])[2H]. The molecule has 0 amide bonds. The minimum atomic E-state index is -4.77. The monoisotopic (exact) mass is 179 g/mol. The summed E-state index contributed by atoms with van der Waals surface area (Å²) in [6.07, 6.45) is 0. The first-order valence-corrected chi connectivity index (χ1v) is 5.55. The number of rotatable bonds is 2. The van der Waals surface area contributed by atoms with Gasteiger partial charge in [0, 0.05) is 25.8 Å². The standard InChI is InChI=1S/C8H21BNSi/c1-8(2,3)10(4)9-11(5,6)7/h1-7H3/i5D3,6D3,7D3. The van der Waals surface area contributed by atoms with Gasteiger partial charge in [0.15, 0.2) is 7.01 Å². The van der Waals surface area contributed by atoms with Crippen LogP contribution in [0.5, 0.6) is 0 Å². The lowest BCUT2D eigenvalue weighted by atomic mass is 10.0. The molecule has 0 spiro atoms. The van der Waals surface area contributed by atoms with E-state index in [2.05, 4.69) is 0 Å². The van der Waals surface area contributed by atoms with Crippen molar-refractivity contribution < 1.29 is 12.3 Å². The minimum absolute atomic E-state index is 0.569. The topological polar surface area (TPSA) is 3.24 Å². The molecule has 0 aliphatic carbocycles. The molecule has 1 nitrogen and oxygen atoms in total. The summed E-state index contributed by atoms with van der Waals surface area (Å²) in [6.45, 7) is -3.90. The van der Waals surface area contributed by atoms with E-state index in [4.69, 9.17) is 12.3 Å². The fourth-order valence-electron chi connectivity index (χ4n) is 0.484. The van der Waals surface area contributed by atoms with Crippen LogP contribution >= 0.6 is 0 Å². The summed E-state index contributed by atoms with van der Waals surface area (Å²) in [5, 5.41) is 0. The summed E-state index contributed by atoms with van der Waals surface area (Å²) < 4.78 is 68.1.